The highest BCUT2D eigenvalue weighted by Gasteiger charge is 2.42. The van der Waals surface area contributed by atoms with Crippen molar-refractivity contribution in [2.45, 2.75) is 195 Å². The Bertz CT molecular complexity index is 2260. The number of hydrogen-bond acceptors (Lipinski definition) is 0. The van der Waals surface area contributed by atoms with Gasteiger partial charge in [-0.05, 0) is 132 Å². The van der Waals surface area contributed by atoms with E-state index in [1.807, 2.05) is 0 Å². The lowest BCUT2D eigenvalue weighted by molar-refractivity contribution is 0.838. The summed E-state index contributed by atoms with van der Waals surface area (Å²) in [5.74, 6) is 35.2. The smallest absolute Gasteiger partial charge is 0.125 e. The second kappa shape index (κ2) is 27.5. The number of hydrogen-bond donors (Lipinski definition) is 0. The Balaban J connectivity index is 1.88. The normalized spacial score (nSPS) is 12.1. The van der Waals surface area contributed by atoms with Crippen molar-refractivity contribution in [1.29, 1.82) is 0 Å². The summed E-state index contributed by atoms with van der Waals surface area (Å²) in [5.41, 5.74) is 22.1. The highest BCUT2D eigenvalue weighted by molar-refractivity contribution is 6.91. The van der Waals surface area contributed by atoms with Gasteiger partial charge in [0.05, 0.1) is 0 Å². The summed E-state index contributed by atoms with van der Waals surface area (Å²) >= 11 is 0. The Hall–Kier alpha value is -5.07. The summed E-state index contributed by atoms with van der Waals surface area (Å²) < 4.78 is 0. The number of benzene rings is 3. The Kier molecular flexibility index (Phi) is 23.1. The first kappa shape index (κ1) is 55.3. The van der Waals surface area contributed by atoms with Crippen LogP contribution < -0.4 is 0 Å². The van der Waals surface area contributed by atoms with E-state index >= 15 is 0 Å². The molecular weight excluding hydrogens is 825 g/mol. The Morgan fingerprint density at radius 3 is 0.621 bits per heavy atom. The molecule has 0 amide bonds. The molecule has 0 N–H and O–H groups in total. The van der Waals surface area contributed by atoms with Gasteiger partial charge in [-0.2, -0.15) is 0 Å². The van der Waals surface area contributed by atoms with E-state index in [0.29, 0.717) is 33.2 Å². The van der Waals surface area contributed by atoms with Gasteiger partial charge in [0.15, 0.2) is 0 Å². The van der Waals surface area contributed by atoms with Crippen LogP contribution in [0.3, 0.4) is 0 Å². The van der Waals surface area contributed by atoms with E-state index in [9.17, 15) is 0 Å². The van der Waals surface area contributed by atoms with Crippen molar-refractivity contribution >= 4 is 16.1 Å². The van der Waals surface area contributed by atoms with Crippen molar-refractivity contribution < 1.29 is 0 Å². The molecule has 0 heterocycles. The zero-order valence-electron chi connectivity index (χ0n) is 44.0. The summed E-state index contributed by atoms with van der Waals surface area (Å²) in [7, 11) is -3.56. The van der Waals surface area contributed by atoms with Crippen molar-refractivity contribution in [1.82, 2.24) is 0 Å². The summed E-state index contributed by atoms with van der Waals surface area (Å²) in [5, 5.41) is 0. The van der Waals surface area contributed by atoms with Gasteiger partial charge in [-0.15, -0.1) is 11.1 Å². The van der Waals surface area contributed by atoms with Crippen molar-refractivity contribution in [3.05, 3.63) is 128 Å². The highest BCUT2D eigenvalue weighted by atomic mass is 28.3. The molecule has 2 heteroatoms. The van der Waals surface area contributed by atoms with Gasteiger partial charge >= 0.3 is 0 Å². The minimum atomic E-state index is -1.78. The fourth-order valence-electron chi connectivity index (χ4n) is 9.88. The quantitative estimate of drug-likeness (QED) is 0.112. The third kappa shape index (κ3) is 15.5. The maximum Gasteiger partial charge on any atom is 0.146 e. The monoisotopic (exact) mass is 907 g/mol. The highest BCUT2D eigenvalue weighted by Crippen LogP contribution is 2.42. The van der Waals surface area contributed by atoms with Gasteiger partial charge in [0.2, 0.25) is 0 Å². The maximum absolute atomic E-state index is 3.85. The van der Waals surface area contributed by atoms with Crippen LogP contribution in [0.2, 0.25) is 33.2 Å². The van der Waals surface area contributed by atoms with Gasteiger partial charge in [0, 0.05) is 55.7 Å². The molecule has 0 bridgehead atoms. The van der Waals surface area contributed by atoms with E-state index in [0.717, 1.165) is 107 Å². The van der Waals surface area contributed by atoms with Crippen molar-refractivity contribution in [3.63, 3.8) is 0 Å². The topological polar surface area (TPSA) is 0 Å². The Labute approximate surface area is 408 Å². The van der Waals surface area contributed by atoms with Crippen LogP contribution in [0.15, 0.2) is 95.1 Å². The zero-order chi connectivity index (χ0) is 48.9. The van der Waals surface area contributed by atoms with Gasteiger partial charge in [-0.25, -0.2) is 0 Å². The molecule has 0 nitrogen and oxygen atoms in total. The average molecular weight is 908 g/mol. The minimum absolute atomic E-state index is 0.615. The van der Waals surface area contributed by atoms with Crippen LogP contribution in [-0.4, -0.2) is 16.1 Å². The molecule has 0 fully saturated rings. The zero-order valence-corrected chi connectivity index (χ0v) is 46.0. The lowest BCUT2D eigenvalue weighted by Crippen LogP contribution is -2.43. The van der Waals surface area contributed by atoms with E-state index in [1.54, 1.807) is 0 Å². The maximum atomic E-state index is 3.85. The minimum Gasteiger partial charge on any atom is -0.125 e. The number of allylic oxidation sites excluding steroid dienone is 4. The van der Waals surface area contributed by atoms with Crippen LogP contribution in [0, 0.1) is 70.3 Å². The lowest BCUT2D eigenvalue weighted by atomic mass is 9.99. The van der Waals surface area contributed by atoms with Crippen LogP contribution in [0.4, 0.5) is 0 Å². The van der Waals surface area contributed by atoms with Gasteiger partial charge in [-0.1, -0.05) is 196 Å². The first-order valence-corrected chi connectivity index (χ1v) is 29.8. The average Bonchev–Trinajstić information content (AvgIpc) is 3.27. The van der Waals surface area contributed by atoms with E-state index in [2.05, 4.69) is 254 Å². The third-order valence-corrected chi connectivity index (χ3v) is 26.0. The summed E-state index contributed by atoms with van der Waals surface area (Å²) in [6, 6.07) is 25.4. The molecule has 3 aromatic rings. The second-order valence-corrected chi connectivity index (χ2v) is 31.1. The van der Waals surface area contributed by atoms with Crippen LogP contribution >= 0.6 is 0 Å². The van der Waals surface area contributed by atoms with E-state index < -0.39 is 16.1 Å². The van der Waals surface area contributed by atoms with Gasteiger partial charge in [-0.3, -0.25) is 0 Å². The molecule has 66 heavy (non-hydrogen) atoms. The predicted octanol–water partition coefficient (Wildman–Crippen LogP) is 17.4. The van der Waals surface area contributed by atoms with Gasteiger partial charge in [0.1, 0.15) is 16.1 Å². The van der Waals surface area contributed by atoms with E-state index in [-0.39, 0.29) is 0 Å². The molecule has 3 aromatic carbocycles. The summed E-state index contributed by atoms with van der Waals surface area (Å²) in [4.78, 5) is 0. The Morgan fingerprint density at radius 2 is 0.470 bits per heavy atom. The first-order chi connectivity index (χ1) is 31.5. The number of rotatable bonds is 14. The van der Waals surface area contributed by atoms with Crippen LogP contribution in [0.1, 0.15) is 196 Å². The molecule has 0 aliphatic rings. The molecular formula is C64H82Si2. The van der Waals surface area contributed by atoms with Crippen LogP contribution in [0.5, 0.6) is 0 Å². The van der Waals surface area contributed by atoms with E-state index in [1.165, 1.54) is 0 Å². The first-order valence-electron chi connectivity index (χ1n) is 25.4. The molecule has 0 unspecified atom stereocenters. The second-order valence-electron chi connectivity index (χ2n) is 19.9. The standard InChI is InChI=1S/C64H82Si2/c1-17-21-61(63(23-19-3)43-39-57-29-33-59(34-30-57)45-47-65(49(5)6,50(7)8)51(9)10)41-37-55-25-27-56(28-26-55)38-42-62(22-18-2)64(24-20-4)44-40-58-31-35-60(36-32-58)46-48-66(52(11)12,53(13)14)54(15)16/h25-36,49-54H,17-24H2,1-16H3. The SMILES string of the molecule is CCCC(C#Cc1ccc(C#CC(CCC)=C(C#Cc2ccc(C#C[Si](C(C)C)(C(C)C)C(C)C)cc2)CCC)cc1)=C(C#Cc1ccc(C#C[Si](C(C)C)(C(C)C)C(C)C)cc1)CCC. The Morgan fingerprint density at radius 1 is 0.303 bits per heavy atom. The largest absolute Gasteiger partial charge is 0.146 e. The molecule has 0 saturated carbocycles. The summed E-state index contributed by atoms with van der Waals surface area (Å²) in [6.07, 6.45) is 7.74. The van der Waals surface area contributed by atoms with E-state index in [4.69, 9.17) is 0 Å². The molecule has 346 valence electrons. The molecule has 0 atom stereocenters. The van der Waals surface area contributed by atoms with Gasteiger partial charge in [0.25, 0.3) is 0 Å². The van der Waals surface area contributed by atoms with Gasteiger partial charge < -0.3 is 0 Å². The van der Waals surface area contributed by atoms with Crippen LogP contribution in [-0.2, 0) is 0 Å². The molecule has 0 aromatic heterocycles. The molecule has 3 rings (SSSR count). The lowest BCUT2D eigenvalue weighted by Gasteiger charge is -2.38. The molecule has 0 aliphatic carbocycles. The predicted molar refractivity (Wildman–Crippen MR) is 296 cm³/mol. The molecule has 0 spiro atoms. The molecule has 0 saturated heterocycles. The fourth-order valence-corrected chi connectivity index (χ4v) is 20.3. The third-order valence-electron chi connectivity index (χ3n) is 13.4. The fraction of sp³-hybridized carbons (Fsp3) is 0.469. The van der Waals surface area contributed by atoms with Crippen LogP contribution in [0.25, 0.3) is 0 Å². The van der Waals surface area contributed by atoms with Crippen molar-refractivity contribution in [3.8, 4) is 70.3 Å². The summed E-state index contributed by atoms with van der Waals surface area (Å²) in [6.45, 7) is 37.2. The molecule has 0 radical (unpaired) electrons. The van der Waals surface area contributed by atoms with Crippen molar-refractivity contribution in [2.75, 3.05) is 0 Å². The van der Waals surface area contributed by atoms with Crippen molar-refractivity contribution in [2.24, 2.45) is 0 Å². The molecule has 0 aliphatic heterocycles.